The second kappa shape index (κ2) is 7.60. The van der Waals surface area contributed by atoms with Crippen molar-refractivity contribution in [1.82, 2.24) is 10.2 Å². The topological polar surface area (TPSA) is 15.3 Å². The van der Waals surface area contributed by atoms with Crippen LogP contribution in [0.4, 0.5) is 0 Å². The first-order valence-electron chi connectivity index (χ1n) is 7.28. The van der Waals surface area contributed by atoms with Gasteiger partial charge in [0.1, 0.15) is 0 Å². The van der Waals surface area contributed by atoms with Crippen LogP contribution in [0.5, 0.6) is 0 Å². The monoisotopic (exact) mass is 302 g/mol. The van der Waals surface area contributed by atoms with Crippen molar-refractivity contribution in [3.8, 4) is 0 Å². The molecule has 0 saturated heterocycles. The van der Waals surface area contributed by atoms with E-state index in [2.05, 4.69) is 54.5 Å². The van der Waals surface area contributed by atoms with Gasteiger partial charge in [-0.05, 0) is 49.8 Å². The van der Waals surface area contributed by atoms with Crippen LogP contribution in [-0.4, -0.2) is 19.0 Å². The van der Waals surface area contributed by atoms with Crippen LogP contribution >= 0.6 is 11.6 Å². The molecule has 2 aromatic carbocycles. The maximum absolute atomic E-state index is 6.08. The van der Waals surface area contributed by atoms with Crippen LogP contribution in [0.1, 0.15) is 29.7 Å². The molecule has 0 radical (unpaired) electrons. The molecular formula is C18H23ClN2. The second-order valence-corrected chi connectivity index (χ2v) is 5.93. The highest BCUT2D eigenvalue weighted by Crippen LogP contribution is 2.23. The van der Waals surface area contributed by atoms with Gasteiger partial charge in [0.05, 0.1) is 0 Å². The van der Waals surface area contributed by atoms with Gasteiger partial charge in [-0.25, -0.2) is 0 Å². The molecule has 1 atom stereocenters. The third-order valence-electron chi connectivity index (χ3n) is 3.80. The van der Waals surface area contributed by atoms with Crippen LogP contribution in [-0.2, 0) is 13.1 Å². The minimum atomic E-state index is 0.330. The SMILES string of the molecule is CNCc1cccc(CN(C)C(C)c2cccc(Cl)c2)c1. The highest BCUT2D eigenvalue weighted by Gasteiger charge is 2.12. The molecule has 21 heavy (non-hydrogen) atoms. The second-order valence-electron chi connectivity index (χ2n) is 5.50. The van der Waals surface area contributed by atoms with E-state index in [1.54, 1.807) is 0 Å². The highest BCUT2D eigenvalue weighted by molar-refractivity contribution is 6.30. The predicted molar refractivity (Wildman–Crippen MR) is 90.5 cm³/mol. The summed E-state index contributed by atoms with van der Waals surface area (Å²) in [6, 6.07) is 17.1. The minimum Gasteiger partial charge on any atom is -0.316 e. The Labute approximate surface area is 132 Å². The number of hydrogen-bond acceptors (Lipinski definition) is 2. The van der Waals surface area contributed by atoms with Crippen molar-refractivity contribution in [2.24, 2.45) is 0 Å². The summed E-state index contributed by atoms with van der Waals surface area (Å²) in [5.74, 6) is 0. The van der Waals surface area contributed by atoms with E-state index in [9.17, 15) is 0 Å². The Morgan fingerprint density at radius 1 is 1.10 bits per heavy atom. The van der Waals surface area contributed by atoms with E-state index >= 15 is 0 Å². The normalized spacial score (nSPS) is 12.6. The third kappa shape index (κ3) is 4.57. The number of halogens is 1. The fourth-order valence-electron chi connectivity index (χ4n) is 2.49. The average molecular weight is 303 g/mol. The summed E-state index contributed by atoms with van der Waals surface area (Å²) in [5, 5.41) is 3.99. The van der Waals surface area contributed by atoms with E-state index in [1.807, 2.05) is 25.2 Å². The summed E-state index contributed by atoms with van der Waals surface area (Å²) in [4.78, 5) is 2.34. The van der Waals surface area contributed by atoms with Gasteiger partial charge >= 0.3 is 0 Å². The lowest BCUT2D eigenvalue weighted by Gasteiger charge is -2.25. The fourth-order valence-corrected chi connectivity index (χ4v) is 2.69. The molecule has 0 fully saturated rings. The molecule has 2 nitrogen and oxygen atoms in total. The molecule has 2 aromatic rings. The third-order valence-corrected chi connectivity index (χ3v) is 4.03. The van der Waals surface area contributed by atoms with Crippen LogP contribution in [0.15, 0.2) is 48.5 Å². The van der Waals surface area contributed by atoms with Gasteiger partial charge in [-0.3, -0.25) is 4.90 Å². The lowest BCUT2D eigenvalue weighted by Crippen LogP contribution is -2.22. The van der Waals surface area contributed by atoms with Crippen molar-refractivity contribution in [3.63, 3.8) is 0 Å². The molecule has 0 aromatic heterocycles. The van der Waals surface area contributed by atoms with Gasteiger partial charge < -0.3 is 5.32 Å². The minimum absolute atomic E-state index is 0.330. The number of rotatable bonds is 6. The largest absolute Gasteiger partial charge is 0.316 e. The molecule has 3 heteroatoms. The Morgan fingerprint density at radius 2 is 1.81 bits per heavy atom. The molecule has 0 bridgehead atoms. The number of nitrogens with one attached hydrogen (secondary N) is 1. The van der Waals surface area contributed by atoms with Crippen molar-refractivity contribution in [2.45, 2.75) is 26.1 Å². The number of nitrogens with zero attached hydrogens (tertiary/aromatic N) is 1. The summed E-state index contributed by atoms with van der Waals surface area (Å²) < 4.78 is 0. The Morgan fingerprint density at radius 3 is 2.52 bits per heavy atom. The molecule has 0 amide bonds. The molecule has 0 aliphatic carbocycles. The van der Waals surface area contributed by atoms with Gasteiger partial charge in [0, 0.05) is 24.2 Å². The predicted octanol–water partition coefficient (Wildman–Crippen LogP) is 4.25. The van der Waals surface area contributed by atoms with E-state index in [4.69, 9.17) is 11.6 Å². The summed E-state index contributed by atoms with van der Waals surface area (Å²) >= 11 is 6.08. The number of hydrogen-bond donors (Lipinski definition) is 1. The molecule has 0 aliphatic rings. The first kappa shape index (κ1) is 16.0. The fraction of sp³-hybridized carbons (Fsp3) is 0.333. The maximum Gasteiger partial charge on any atom is 0.0409 e. The Hall–Kier alpha value is -1.35. The van der Waals surface area contributed by atoms with Crippen LogP contribution in [0.3, 0.4) is 0 Å². The van der Waals surface area contributed by atoms with Gasteiger partial charge in [0.25, 0.3) is 0 Å². The van der Waals surface area contributed by atoms with Crippen molar-refractivity contribution in [1.29, 1.82) is 0 Å². The van der Waals surface area contributed by atoms with Gasteiger partial charge in [-0.1, -0.05) is 48.0 Å². The van der Waals surface area contributed by atoms with E-state index in [0.29, 0.717) is 6.04 Å². The van der Waals surface area contributed by atoms with E-state index in [0.717, 1.165) is 18.1 Å². The van der Waals surface area contributed by atoms with Gasteiger partial charge in [0.15, 0.2) is 0 Å². The first-order valence-corrected chi connectivity index (χ1v) is 7.66. The highest BCUT2D eigenvalue weighted by atomic mass is 35.5. The smallest absolute Gasteiger partial charge is 0.0409 e. The molecule has 1 unspecified atom stereocenters. The molecule has 0 spiro atoms. The Balaban J connectivity index is 2.06. The van der Waals surface area contributed by atoms with Gasteiger partial charge in [0.2, 0.25) is 0 Å². The van der Waals surface area contributed by atoms with Gasteiger partial charge in [-0.2, -0.15) is 0 Å². The molecule has 112 valence electrons. The molecule has 2 rings (SSSR count). The molecular weight excluding hydrogens is 280 g/mol. The van der Waals surface area contributed by atoms with E-state index in [-0.39, 0.29) is 0 Å². The average Bonchev–Trinajstić information content (AvgIpc) is 2.47. The Bertz CT molecular complexity index is 583. The summed E-state index contributed by atoms with van der Waals surface area (Å²) in [6.45, 7) is 4.04. The lowest BCUT2D eigenvalue weighted by molar-refractivity contribution is 0.253. The van der Waals surface area contributed by atoms with Crippen LogP contribution in [0.2, 0.25) is 5.02 Å². The zero-order chi connectivity index (χ0) is 15.2. The summed E-state index contributed by atoms with van der Waals surface area (Å²) in [7, 11) is 4.12. The van der Waals surface area contributed by atoms with E-state index < -0.39 is 0 Å². The van der Waals surface area contributed by atoms with Crippen LogP contribution < -0.4 is 5.32 Å². The summed E-state index contributed by atoms with van der Waals surface area (Å²) in [6.07, 6.45) is 0. The van der Waals surface area contributed by atoms with Crippen molar-refractivity contribution in [3.05, 3.63) is 70.2 Å². The zero-order valence-corrected chi connectivity index (χ0v) is 13.7. The molecule has 0 aliphatic heterocycles. The maximum atomic E-state index is 6.08. The van der Waals surface area contributed by atoms with Crippen molar-refractivity contribution < 1.29 is 0 Å². The summed E-state index contributed by atoms with van der Waals surface area (Å²) in [5.41, 5.74) is 3.90. The van der Waals surface area contributed by atoms with Crippen molar-refractivity contribution in [2.75, 3.05) is 14.1 Å². The number of benzene rings is 2. The molecule has 1 N–H and O–H groups in total. The Kier molecular flexibility index (Phi) is 5.80. The van der Waals surface area contributed by atoms with Crippen LogP contribution in [0.25, 0.3) is 0 Å². The standard InChI is InChI=1S/C18H23ClN2/c1-14(17-8-5-9-18(19)11-17)21(3)13-16-7-4-6-15(10-16)12-20-2/h4-11,14,20H,12-13H2,1-3H3. The van der Waals surface area contributed by atoms with Gasteiger partial charge in [-0.15, -0.1) is 0 Å². The quantitative estimate of drug-likeness (QED) is 0.858. The molecule has 0 saturated carbocycles. The zero-order valence-electron chi connectivity index (χ0n) is 12.9. The van der Waals surface area contributed by atoms with E-state index in [1.165, 1.54) is 16.7 Å². The first-order chi connectivity index (χ1) is 10.1. The van der Waals surface area contributed by atoms with Crippen LogP contribution in [0, 0.1) is 0 Å². The molecule has 0 heterocycles. The van der Waals surface area contributed by atoms with Crippen molar-refractivity contribution >= 4 is 11.6 Å². The lowest BCUT2D eigenvalue weighted by atomic mass is 10.1.